The van der Waals surface area contributed by atoms with Gasteiger partial charge in [-0.25, -0.2) is 18.4 Å². The Morgan fingerprint density at radius 1 is 1.06 bits per heavy atom. The summed E-state index contributed by atoms with van der Waals surface area (Å²) in [4.78, 5) is 20.3. The molecule has 0 spiro atoms. The van der Waals surface area contributed by atoms with Crippen LogP contribution in [0.3, 0.4) is 0 Å². The van der Waals surface area contributed by atoms with Gasteiger partial charge in [0.1, 0.15) is 17.9 Å². The summed E-state index contributed by atoms with van der Waals surface area (Å²) in [6.07, 6.45) is 1.19. The van der Waals surface area contributed by atoms with Crippen LogP contribution in [-0.2, 0) is 10.0 Å². The number of sulfonamides is 1. The Bertz CT molecular complexity index is 1180. The van der Waals surface area contributed by atoms with Crippen molar-refractivity contribution in [2.75, 3.05) is 23.8 Å². The number of hydrogen-bond acceptors (Lipinski definition) is 7. The quantitative estimate of drug-likeness (QED) is 0.505. The Morgan fingerprint density at radius 3 is 2.50 bits per heavy atom. The second-order valence-corrected chi connectivity index (χ2v) is 8.94. The number of methoxy groups -OCH3 is 1. The van der Waals surface area contributed by atoms with Crippen molar-refractivity contribution in [1.29, 1.82) is 0 Å². The predicted octanol–water partition coefficient (Wildman–Crippen LogP) is 3.57. The number of amides is 1. The first-order chi connectivity index (χ1) is 15.3. The number of ether oxygens (including phenoxy) is 2. The van der Waals surface area contributed by atoms with Crippen LogP contribution in [0.2, 0.25) is 0 Å². The van der Waals surface area contributed by atoms with Gasteiger partial charge in [-0.05, 0) is 48.4 Å². The summed E-state index contributed by atoms with van der Waals surface area (Å²) in [5.74, 6) is 0.957. The largest absolute Gasteiger partial charge is 0.493 e. The number of benzene rings is 2. The normalized spacial score (nSPS) is 11.1. The zero-order chi connectivity index (χ0) is 23.1. The monoisotopic (exact) mass is 456 g/mol. The van der Waals surface area contributed by atoms with E-state index < -0.39 is 10.0 Å². The molecule has 0 unspecified atom stereocenters. The SMILES string of the molecule is COc1cc(NS(=O)(=O)c2ccc(NC(=O)c3cccc(OCC(C)C)c3)cc2)ncn1. The van der Waals surface area contributed by atoms with Crippen molar-refractivity contribution in [1.82, 2.24) is 9.97 Å². The summed E-state index contributed by atoms with van der Waals surface area (Å²) in [5.41, 5.74) is 0.883. The van der Waals surface area contributed by atoms with Gasteiger partial charge in [-0.1, -0.05) is 19.9 Å². The molecular weight excluding hydrogens is 432 g/mol. The van der Waals surface area contributed by atoms with E-state index in [1.807, 2.05) is 13.8 Å². The minimum atomic E-state index is -3.88. The van der Waals surface area contributed by atoms with Gasteiger partial charge in [0.05, 0.1) is 18.6 Å². The summed E-state index contributed by atoms with van der Waals surface area (Å²) >= 11 is 0. The number of aromatic nitrogens is 2. The van der Waals surface area contributed by atoms with E-state index >= 15 is 0 Å². The lowest BCUT2D eigenvalue weighted by Crippen LogP contribution is -2.15. The van der Waals surface area contributed by atoms with Gasteiger partial charge in [-0.2, -0.15) is 0 Å². The van der Waals surface area contributed by atoms with Crippen LogP contribution in [0.25, 0.3) is 0 Å². The fourth-order valence-corrected chi connectivity index (χ4v) is 3.61. The highest BCUT2D eigenvalue weighted by Gasteiger charge is 2.16. The van der Waals surface area contributed by atoms with Crippen LogP contribution in [0.1, 0.15) is 24.2 Å². The van der Waals surface area contributed by atoms with E-state index in [4.69, 9.17) is 9.47 Å². The number of carbonyl (C=O) groups is 1. The first-order valence-electron chi connectivity index (χ1n) is 9.80. The molecule has 2 aromatic carbocycles. The molecule has 0 bridgehead atoms. The van der Waals surface area contributed by atoms with E-state index in [2.05, 4.69) is 20.0 Å². The molecule has 2 N–H and O–H groups in total. The van der Waals surface area contributed by atoms with Crippen molar-refractivity contribution in [3.05, 3.63) is 66.5 Å². The molecule has 10 heteroatoms. The minimum Gasteiger partial charge on any atom is -0.493 e. The lowest BCUT2D eigenvalue weighted by Gasteiger charge is -2.11. The van der Waals surface area contributed by atoms with E-state index in [9.17, 15) is 13.2 Å². The summed E-state index contributed by atoms with van der Waals surface area (Å²) in [6.45, 7) is 4.64. The van der Waals surface area contributed by atoms with E-state index in [0.29, 0.717) is 29.5 Å². The Morgan fingerprint density at radius 2 is 1.81 bits per heavy atom. The highest BCUT2D eigenvalue weighted by molar-refractivity contribution is 7.92. The number of anilines is 2. The molecule has 0 saturated heterocycles. The van der Waals surface area contributed by atoms with Crippen molar-refractivity contribution in [2.24, 2.45) is 5.92 Å². The zero-order valence-corrected chi connectivity index (χ0v) is 18.7. The molecule has 0 saturated carbocycles. The molecule has 0 radical (unpaired) electrons. The van der Waals surface area contributed by atoms with E-state index in [0.717, 1.165) is 0 Å². The average Bonchev–Trinajstić information content (AvgIpc) is 2.78. The van der Waals surface area contributed by atoms with Crippen molar-refractivity contribution < 1.29 is 22.7 Å². The van der Waals surface area contributed by atoms with Gasteiger partial charge in [0.15, 0.2) is 0 Å². The maximum atomic E-state index is 12.6. The summed E-state index contributed by atoms with van der Waals surface area (Å²) in [6, 6.07) is 14.0. The fourth-order valence-electron chi connectivity index (χ4n) is 2.61. The highest BCUT2D eigenvalue weighted by atomic mass is 32.2. The first-order valence-corrected chi connectivity index (χ1v) is 11.3. The third kappa shape index (κ3) is 6.17. The molecule has 0 aliphatic heterocycles. The minimum absolute atomic E-state index is 0.0113. The van der Waals surface area contributed by atoms with Crippen LogP contribution in [-0.4, -0.2) is 38.0 Å². The third-order valence-electron chi connectivity index (χ3n) is 4.19. The molecule has 3 rings (SSSR count). The highest BCUT2D eigenvalue weighted by Crippen LogP contribution is 2.20. The number of hydrogen-bond donors (Lipinski definition) is 2. The van der Waals surface area contributed by atoms with E-state index in [-0.39, 0.29) is 22.5 Å². The summed E-state index contributed by atoms with van der Waals surface area (Å²) in [7, 11) is -2.46. The fraction of sp³-hybridized carbons (Fsp3) is 0.227. The molecule has 0 atom stereocenters. The molecule has 1 amide bonds. The van der Waals surface area contributed by atoms with Gasteiger partial charge >= 0.3 is 0 Å². The molecule has 0 aliphatic rings. The van der Waals surface area contributed by atoms with Crippen LogP contribution in [0.5, 0.6) is 11.6 Å². The number of nitrogens with zero attached hydrogens (tertiary/aromatic N) is 2. The predicted molar refractivity (Wildman–Crippen MR) is 121 cm³/mol. The molecule has 32 heavy (non-hydrogen) atoms. The zero-order valence-electron chi connectivity index (χ0n) is 17.9. The van der Waals surface area contributed by atoms with E-state index in [1.165, 1.54) is 43.8 Å². The Kier molecular flexibility index (Phi) is 7.26. The van der Waals surface area contributed by atoms with Crippen LogP contribution < -0.4 is 19.5 Å². The second kappa shape index (κ2) is 10.1. The lowest BCUT2D eigenvalue weighted by molar-refractivity contribution is 0.102. The maximum Gasteiger partial charge on any atom is 0.263 e. The molecule has 0 fully saturated rings. The van der Waals surface area contributed by atoms with Crippen LogP contribution in [0.15, 0.2) is 65.8 Å². The van der Waals surface area contributed by atoms with Crippen molar-refractivity contribution in [2.45, 2.75) is 18.7 Å². The van der Waals surface area contributed by atoms with Gasteiger partial charge in [-0.15, -0.1) is 0 Å². The number of carbonyl (C=O) groups excluding carboxylic acids is 1. The van der Waals surface area contributed by atoms with Crippen molar-refractivity contribution in [3.63, 3.8) is 0 Å². The van der Waals surface area contributed by atoms with Gasteiger partial charge in [0.2, 0.25) is 5.88 Å². The molecule has 0 aliphatic carbocycles. The van der Waals surface area contributed by atoms with Gasteiger partial charge in [0, 0.05) is 17.3 Å². The second-order valence-electron chi connectivity index (χ2n) is 7.26. The lowest BCUT2D eigenvalue weighted by atomic mass is 10.2. The smallest absolute Gasteiger partial charge is 0.263 e. The first kappa shape index (κ1) is 23.0. The standard InChI is InChI=1S/C22H24N4O5S/c1-15(2)13-31-18-6-4-5-16(11-18)22(27)25-17-7-9-19(10-8-17)32(28,29)26-20-12-21(30-3)24-14-23-20/h4-12,14-15H,13H2,1-3H3,(H,25,27)(H,23,24,26). The molecular formula is C22H24N4O5S. The Balaban J connectivity index is 1.67. The van der Waals surface area contributed by atoms with Gasteiger partial charge < -0.3 is 14.8 Å². The molecule has 1 heterocycles. The van der Waals surface area contributed by atoms with Crippen LogP contribution in [0, 0.1) is 5.92 Å². The van der Waals surface area contributed by atoms with Crippen molar-refractivity contribution >= 4 is 27.4 Å². The molecule has 168 valence electrons. The summed E-state index contributed by atoms with van der Waals surface area (Å²) in [5, 5.41) is 2.75. The van der Waals surface area contributed by atoms with Crippen LogP contribution in [0.4, 0.5) is 11.5 Å². The Hall–Kier alpha value is -3.66. The molecule has 1 aromatic heterocycles. The average molecular weight is 457 g/mol. The summed E-state index contributed by atoms with van der Waals surface area (Å²) < 4.78 is 38.2. The van der Waals surface area contributed by atoms with Crippen molar-refractivity contribution in [3.8, 4) is 11.6 Å². The number of rotatable bonds is 9. The Labute approximate surface area is 186 Å². The van der Waals surface area contributed by atoms with Crippen LogP contribution >= 0.6 is 0 Å². The molecule has 9 nitrogen and oxygen atoms in total. The van der Waals surface area contributed by atoms with E-state index in [1.54, 1.807) is 24.3 Å². The van der Waals surface area contributed by atoms with Gasteiger partial charge in [-0.3, -0.25) is 9.52 Å². The number of nitrogens with one attached hydrogen (secondary N) is 2. The topological polar surface area (TPSA) is 120 Å². The maximum absolute atomic E-state index is 12.6. The van der Waals surface area contributed by atoms with Gasteiger partial charge in [0.25, 0.3) is 15.9 Å². The molecule has 3 aromatic rings. The third-order valence-corrected chi connectivity index (χ3v) is 5.56.